The Morgan fingerprint density at radius 2 is 2.08 bits per heavy atom. The molecule has 7 heteroatoms. The van der Waals surface area contributed by atoms with Gasteiger partial charge in [0.1, 0.15) is 0 Å². The van der Waals surface area contributed by atoms with Crippen molar-refractivity contribution in [2.24, 2.45) is 0 Å². The van der Waals surface area contributed by atoms with Gasteiger partial charge in [-0.3, -0.25) is 4.90 Å². The van der Waals surface area contributed by atoms with Crippen LogP contribution in [0.3, 0.4) is 0 Å². The first-order valence-electron chi connectivity index (χ1n) is 9.01. The topological polar surface area (TPSA) is 63.2 Å². The minimum atomic E-state index is 0.0178. The summed E-state index contributed by atoms with van der Waals surface area (Å²) in [6, 6.07) is 2.24. The molecule has 6 nitrogen and oxygen atoms in total. The highest BCUT2D eigenvalue weighted by molar-refractivity contribution is 7.09. The van der Waals surface area contributed by atoms with Crippen LogP contribution in [0.1, 0.15) is 36.3 Å². The number of aryl methyl sites for hydroxylation is 1. The maximum absolute atomic E-state index is 6.26. The van der Waals surface area contributed by atoms with E-state index < -0.39 is 0 Å². The van der Waals surface area contributed by atoms with Gasteiger partial charge in [-0.1, -0.05) is 0 Å². The van der Waals surface area contributed by atoms with Crippen LogP contribution in [0.5, 0.6) is 0 Å². The highest BCUT2D eigenvalue weighted by atomic mass is 32.1. The third kappa shape index (κ3) is 3.99. The number of thiazole rings is 1. The van der Waals surface area contributed by atoms with E-state index in [1.54, 1.807) is 23.7 Å². The molecule has 4 rings (SSSR count). The van der Waals surface area contributed by atoms with Gasteiger partial charge in [-0.25, -0.2) is 15.0 Å². The molecular weight excluding hydrogens is 334 g/mol. The van der Waals surface area contributed by atoms with Crippen molar-refractivity contribution in [3.63, 3.8) is 0 Å². The Labute approximate surface area is 152 Å². The van der Waals surface area contributed by atoms with Crippen LogP contribution in [0.15, 0.2) is 24.0 Å². The van der Waals surface area contributed by atoms with Crippen molar-refractivity contribution in [2.45, 2.75) is 50.8 Å². The number of ether oxygens (including phenoxy) is 1. The number of nitrogens with one attached hydrogen (secondary N) is 1. The van der Waals surface area contributed by atoms with Gasteiger partial charge in [-0.2, -0.15) is 0 Å². The number of rotatable bonds is 4. The average Bonchev–Trinajstić information content (AvgIpc) is 3.03. The Kier molecular flexibility index (Phi) is 4.96. The molecule has 25 heavy (non-hydrogen) atoms. The van der Waals surface area contributed by atoms with Gasteiger partial charge in [-0.15, -0.1) is 11.3 Å². The fourth-order valence-electron chi connectivity index (χ4n) is 3.86. The minimum absolute atomic E-state index is 0.0178. The lowest BCUT2D eigenvalue weighted by atomic mass is 9.82. The predicted molar refractivity (Wildman–Crippen MR) is 98.7 cm³/mol. The molecule has 134 valence electrons. The molecule has 2 aromatic rings. The normalized spacial score (nSPS) is 23.6. The first-order valence-corrected chi connectivity index (χ1v) is 9.89. The molecule has 2 aliphatic rings. The molecule has 0 radical (unpaired) electrons. The summed E-state index contributed by atoms with van der Waals surface area (Å²) in [4.78, 5) is 16.9. The first kappa shape index (κ1) is 16.9. The number of piperidine rings is 1. The van der Waals surface area contributed by atoms with Crippen molar-refractivity contribution in [1.29, 1.82) is 0 Å². The summed E-state index contributed by atoms with van der Waals surface area (Å²) in [5, 5.41) is 3.49. The average molecular weight is 359 g/mol. The number of hydrogen-bond acceptors (Lipinski definition) is 7. The van der Waals surface area contributed by atoms with Gasteiger partial charge in [0.15, 0.2) is 0 Å². The van der Waals surface area contributed by atoms with E-state index in [9.17, 15) is 0 Å². The van der Waals surface area contributed by atoms with Crippen LogP contribution in [-0.2, 0) is 11.3 Å². The van der Waals surface area contributed by atoms with E-state index in [1.165, 1.54) is 10.6 Å². The summed E-state index contributed by atoms with van der Waals surface area (Å²) in [5.74, 6) is 0.725. The van der Waals surface area contributed by atoms with E-state index >= 15 is 0 Å². The van der Waals surface area contributed by atoms with Gasteiger partial charge in [0.05, 0.1) is 16.8 Å². The maximum atomic E-state index is 6.26. The van der Waals surface area contributed by atoms with E-state index in [0.717, 1.165) is 57.9 Å². The van der Waals surface area contributed by atoms with Crippen LogP contribution in [0.25, 0.3) is 0 Å². The molecular formula is C18H25N5OS. The van der Waals surface area contributed by atoms with E-state index in [4.69, 9.17) is 4.74 Å². The molecule has 1 N–H and O–H groups in total. The fraction of sp³-hybridized carbons (Fsp3) is 0.611. The second-order valence-corrected chi connectivity index (χ2v) is 8.01. The molecule has 1 atom stereocenters. The van der Waals surface area contributed by atoms with Crippen LogP contribution < -0.4 is 5.32 Å². The molecule has 4 heterocycles. The Balaban J connectivity index is 1.33. The Morgan fingerprint density at radius 3 is 2.80 bits per heavy atom. The molecule has 0 saturated carbocycles. The summed E-state index contributed by atoms with van der Waals surface area (Å²) in [5.41, 5.74) is 3.14. The zero-order chi connectivity index (χ0) is 17.1. The zero-order valence-corrected chi connectivity index (χ0v) is 15.5. The van der Waals surface area contributed by atoms with E-state index in [2.05, 4.69) is 32.1 Å². The van der Waals surface area contributed by atoms with E-state index in [-0.39, 0.29) is 5.60 Å². The van der Waals surface area contributed by atoms with E-state index in [0.29, 0.717) is 6.04 Å². The lowest BCUT2D eigenvalue weighted by Crippen LogP contribution is -2.51. The standard InChI is InChI=1S/C18H25N5OS/c1-14-16(25-13-21-14)12-23-8-4-18(5-9-23)11-15(3-10-24-18)22-17-19-6-2-7-20-17/h2,6-7,13,15H,3-5,8-12H2,1H3,(H,19,20,22)/t15-/m0/s1. The van der Waals surface area contributed by atoms with Crippen LogP contribution >= 0.6 is 11.3 Å². The number of anilines is 1. The van der Waals surface area contributed by atoms with Crippen LogP contribution in [0.4, 0.5) is 5.95 Å². The summed E-state index contributed by atoms with van der Waals surface area (Å²) in [6.07, 6.45) is 7.81. The molecule has 0 unspecified atom stereocenters. The Hall–Kier alpha value is -1.57. The molecule has 0 aromatic carbocycles. The molecule has 1 spiro atoms. The molecule has 0 aliphatic carbocycles. The van der Waals surface area contributed by atoms with Gasteiger partial charge in [0, 0.05) is 49.6 Å². The fourth-order valence-corrected chi connectivity index (χ4v) is 4.67. The molecule has 0 bridgehead atoms. The largest absolute Gasteiger partial charge is 0.375 e. The third-order valence-electron chi connectivity index (χ3n) is 5.37. The summed E-state index contributed by atoms with van der Waals surface area (Å²) >= 11 is 1.76. The highest BCUT2D eigenvalue weighted by Gasteiger charge is 2.40. The minimum Gasteiger partial charge on any atom is -0.375 e. The second kappa shape index (κ2) is 7.35. The van der Waals surface area contributed by atoms with Crippen molar-refractivity contribution >= 4 is 17.3 Å². The monoisotopic (exact) mass is 359 g/mol. The van der Waals surface area contributed by atoms with Crippen molar-refractivity contribution in [2.75, 3.05) is 25.0 Å². The van der Waals surface area contributed by atoms with E-state index in [1.807, 2.05) is 11.6 Å². The Morgan fingerprint density at radius 1 is 1.28 bits per heavy atom. The van der Waals surface area contributed by atoms with Crippen molar-refractivity contribution in [3.8, 4) is 0 Å². The lowest BCUT2D eigenvalue weighted by Gasteiger charge is -2.46. The maximum Gasteiger partial charge on any atom is 0.222 e. The third-order valence-corrected chi connectivity index (χ3v) is 6.29. The van der Waals surface area contributed by atoms with Crippen LogP contribution in [0, 0.1) is 6.92 Å². The van der Waals surface area contributed by atoms with Crippen molar-refractivity contribution in [3.05, 3.63) is 34.5 Å². The van der Waals surface area contributed by atoms with Gasteiger partial charge in [-0.05, 0) is 38.7 Å². The number of hydrogen-bond donors (Lipinski definition) is 1. The summed E-state index contributed by atoms with van der Waals surface area (Å²) in [7, 11) is 0. The quantitative estimate of drug-likeness (QED) is 0.906. The molecule has 0 amide bonds. The molecule has 2 fully saturated rings. The van der Waals surface area contributed by atoms with Crippen LogP contribution in [0.2, 0.25) is 0 Å². The predicted octanol–water partition coefficient (Wildman–Crippen LogP) is 2.87. The lowest BCUT2D eigenvalue weighted by molar-refractivity contribution is -0.115. The number of likely N-dealkylation sites (tertiary alicyclic amines) is 1. The van der Waals surface area contributed by atoms with Crippen molar-refractivity contribution in [1.82, 2.24) is 19.9 Å². The van der Waals surface area contributed by atoms with Gasteiger partial charge in [0.25, 0.3) is 0 Å². The molecule has 2 aliphatic heterocycles. The molecule has 2 saturated heterocycles. The first-order chi connectivity index (χ1) is 12.2. The second-order valence-electron chi connectivity index (χ2n) is 7.08. The number of nitrogens with zero attached hydrogens (tertiary/aromatic N) is 4. The zero-order valence-electron chi connectivity index (χ0n) is 14.6. The van der Waals surface area contributed by atoms with Crippen LogP contribution in [-0.4, -0.2) is 51.2 Å². The van der Waals surface area contributed by atoms with Gasteiger partial charge < -0.3 is 10.1 Å². The SMILES string of the molecule is Cc1ncsc1CN1CCC2(CC1)C[C@@H](Nc1ncccn1)CCO2. The van der Waals surface area contributed by atoms with Crippen molar-refractivity contribution < 1.29 is 4.74 Å². The van der Waals surface area contributed by atoms with Gasteiger partial charge >= 0.3 is 0 Å². The van der Waals surface area contributed by atoms with Gasteiger partial charge in [0.2, 0.25) is 5.95 Å². The summed E-state index contributed by atoms with van der Waals surface area (Å²) < 4.78 is 6.26. The molecule has 2 aromatic heterocycles. The number of aromatic nitrogens is 3. The Bertz CT molecular complexity index is 684. The highest BCUT2D eigenvalue weighted by Crippen LogP contribution is 2.36. The summed E-state index contributed by atoms with van der Waals surface area (Å²) in [6.45, 7) is 6.12. The smallest absolute Gasteiger partial charge is 0.222 e.